The van der Waals surface area contributed by atoms with Gasteiger partial charge in [-0.1, -0.05) is 39.5 Å². The molecule has 0 spiro atoms. The average molecular weight is 344 g/mol. The fraction of sp³-hybridized carbons (Fsp3) is 0.875. The van der Waals surface area contributed by atoms with Crippen LogP contribution in [-0.2, 0) is 18.8 Å². The molecule has 0 amide bonds. The van der Waals surface area contributed by atoms with Crippen molar-refractivity contribution in [2.45, 2.75) is 39.5 Å². The molecular formula is C8H17ClPt. The van der Waals surface area contributed by atoms with Crippen molar-refractivity contribution >= 4 is 9.42 Å². The van der Waals surface area contributed by atoms with Gasteiger partial charge in [0.05, 0.1) is 0 Å². The Morgan fingerprint density at radius 3 is 2.20 bits per heavy atom. The molecule has 0 aromatic rings. The first-order valence-corrected chi connectivity index (χ1v) is 6.57. The number of rotatable bonds is 4. The van der Waals surface area contributed by atoms with Crippen molar-refractivity contribution in [1.29, 1.82) is 0 Å². The SMILES string of the molecule is [CH2-]C(CC)CCCC.[Cl][Pt+]. The van der Waals surface area contributed by atoms with Gasteiger partial charge in [-0.2, -0.15) is 5.92 Å². The summed E-state index contributed by atoms with van der Waals surface area (Å²) in [5, 5.41) is 0. The van der Waals surface area contributed by atoms with Gasteiger partial charge in [0.15, 0.2) is 0 Å². The second-order valence-electron chi connectivity index (χ2n) is 2.42. The van der Waals surface area contributed by atoms with Gasteiger partial charge in [-0.05, 0) is 0 Å². The predicted octanol–water partition coefficient (Wildman–Crippen LogP) is 3.72. The van der Waals surface area contributed by atoms with Crippen LogP contribution in [0.1, 0.15) is 39.5 Å². The molecule has 2 heteroatoms. The van der Waals surface area contributed by atoms with Crippen LogP contribution in [-0.4, -0.2) is 0 Å². The summed E-state index contributed by atoms with van der Waals surface area (Å²) in [6.45, 7) is 8.42. The Hall–Kier alpha value is 0.978. The van der Waals surface area contributed by atoms with Crippen LogP contribution in [0.15, 0.2) is 0 Å². The Morgan fingerprint density at radius 1 is 1.40 bits per heavy atom. The van der Waals surface area contributed by atoms with Crippen molar-refractivity contribution in [2.75, 3.05) is 0 Å². The molecule has 0 aromatic heterocycles. The van der Waals surface area contributed by atoms with Crippen LogP contribution >= 0.6 is 9.42 Å². The molecule has 1 unspecified atom stereocenters. The van der Waals surface area contributed by atoms with Gasteiger partial charge in [0, 0.05) is 0 Å². The van der Waals surface area contributed by atoms with E-state index in [9.17, 15) is 0 Å². The third-order valence-corrected chi connectivity index (χ3v) is 1.54. The van der Waals surface area contributed by atoms with E-state index in [1.807, 2.05) is 0 Å². The third-order valence-electron chi connectivity index (χ3n) is 1.54. The summed E-state index contributed by atoms with van der Waals surface area (Å²) in [5.74, 6) is 0.704. The van der Waals surface area contributed by atoms with E-state index in [1.165, 1.54) is 25.7 Å². The summed E-state index contributed by atoms with van der Waals surface area (Å²) < 4.78 is 0. The van der Waals surface area contributed by atoms with Gasteiger partial charge >= 0.3 is 28.2 Å². The molecular weight excluding hydrogens is 327 g/mol. The monoisotopic (exact) mass is 343 g/mol. The first-order valence-electron chi connectivity index (χ1n) is 3.76. The van der Waals surface area contributed by atoms with E-state index in [2.05, 4.69) is 30.2 Å². The molecule has 10 heavy (non-hydrogen) atoms. The van der Waals surface area contributed by atoms with Gasteiger partial charge in [0.2, 0.25) is 0 Å². The summed E-state index contributed by atoms with van der Waals surface area (Å²) >= 11 is 1.61. The van der Waals surface area contributed by atoms with Crippen molar-refractivity contribution in [3.8, 4) is 0 Å². The van der Waals surface area contributed by atoms with Crippen LogP contribution in [0.5, 0.6) is 0 Å². The zero-order valence-electron chi connectivity index (χ0n) is 6.81. The van der Waals surface area contributed by atoms with Crippen LogP contribution in [0.25, 0.3) is 0 Å². The maximum absolute atomic E-state index is 4.61. The molecule has 0 saturated carbocycles. The van der Waals surface area contributed by atoms with Crippen molar-refractivity contribution in [3.63, 3.8) is 0 Å². The second kappa shape index (κ2) is 12.6. The van der Waals surface area contributed by atoms with E-state index >= 15 is 0 Å². The van der Waals surface area contributed by atoms with Gasteiger partial charge in [-0.15, -0.1) is 0 Å². The van der Waals surface area contributed by atoms with Crippen LogP contribution in [0, 0.1) is 12.8 Å². The molecule has 0 aliphatic rings. The fourth-order valence-corrected chi connectivity index (χ4v) is 0.697. The Bertz CT molecular complexity index is 48.5. The molecule has 0 radical (unpaired) electrons. The summed E-state index contributed by atoms with van der Waals surface area (Å²) in [5.41, 5.74) is 0. The quantitative estimate of drug-likeness (QED) is 0.682. The minimum absolute atomic E-state index is 0.704. The Morgan fingerprint density at radius 2 is 1.90 bits per heavy atom. The fourth-order valence-electron chi connectivity index (χ4n) is 0.697. The molecule has 0 rings (SSSR count). The molecule has 0 aromatic carbocycles. The van der Waals surface area contributed by atoms with E-state index in [0.29, 0.717) is 5.92 Å². The molecule has 0 nitrogen and oxygen atoms in total. The van der Waals surface area contributed by atoms with E-state index in [1.54, 1.807) is 18.8 Å². The van der Waals surface area contributed by atoms with Crippen molar-refractivity contribution in [1.82, 2.24) is 0 Å². The topological polar surface area (TPSA) is 0 Å². The number of hydrogen-bond donors (Lipinski definition) is 0. The number of halogens is 1. The molecule has 0 N–H and O–H groups in total. The van der Waals surface area contributed by atoms with Crippen molar-refractivity contribution < 1.29 is 18.8 Å². The average Bonchev–Trinajstić information content (AvgIpc) is 2.04. The normalized spacial score (nSPS) is 11.8. The van der Waals surface area contributed by atoms with Crippen LogP contribution in [0.3, 0.4) is 0 Å². The van der Waals surface area contributed by atoms with Crippen LogP contribution < -0.4 is 0 Å². The first kappa shape index (κ1) is 13.6. The molecule has 0 bridgehead atoms. The molecule has 0 aliphatic heterocycles. The standard InChI is InChI=1S/C8H17.ClH.Pt/c1-4-6-7-8(3)5-2;;/h8H,3-7H2,1-2H3;1H;/q-1;;+2/p-1. The molecule has 0 heterocycles. The van der Waals surface area contributed by atoms with Gasteiger partial charge < -0.3 is 6.92 Å². The van der Waals surface area contributed by atoms with Crippen molar-refractivity contribution in [3.05, 3.63) is 6.92 Å². The van der Waals surface area contributed by atoms with Gasteiger partial charge in [-0.3, -0.25) is 0 Å². The zero-order chi connectivity index (χ0) is 8.41. The first-order chi connectivity index (χ1) is 4.81. The van der Waals surface area contributed by atoms with E-state index in [4.69, 9.17) is 0 Å². The van der Waals surface area contributed by atoms with E-state index in [-0.39, 0.29) is 0 Å². The minimum atomic E-state index is 0.704. The summed E-state index contributed by atoms with van der Waals surface area (Å²) in [4.78, 5) is 0. The molecule has 0 fully saturated rings. The van der Waals surface area contributed by atoms with Gasteiger partial charge in [0.1, 0.15) is 0 Å². The van der Waals surface area contributed by atoms with Gasteiger partial charge in [0.25, 0.3) is 0 Å². The number of hydrogen-bond acceptors (Lipinski definition) is 0. The molecule has 0 aliphatic carbocycles. The van der Waals surface area contributed by atoms with Crippen LogP contribution in [0.4, 0.5) is 0 Å². The Labute approximate surface area is 80.6 Å². The second-order valence-corrected chi connectivity index (χ2v) is 2.42. The third kappa shape index (κ3) is 11.7. The predicted molar refractivity (Wildman–Crippen MR) is 44.5 cm³/mol. The van der Waals surface area contributed by atoms with E-state index < -0.39 is 0 Å². The van der Waals surface area contributed by atoms with Gasteiger partial charge in [-0.25, -0.2) is 0 Å². The summed E-state index contributed by atoms with van der Waals surface area (Å²) in [6.07, 6.45) is 5.21. The Kier molecular flexibility index (Phi) is 17.1. The van der Waals surface area contributed by atoms with Crippen LogP contribution in [0.2, 0.25) is 0 Å². The molecule has 1 atom stereocenters. The number of unbranched alkanes of at least 4 members (excludes halogenated alkanes) is 1. The van der Waals surface area contributed by atoms with E-state index in [0.717, 1.165) is 0 Å². The van der Waals surface area contributed by atoms with Crippen molar-refractivity contribution in [2.24, 2.45) is 5.92 Å². The Balaban J connectivity index is 0. The summed E-state index contributed by atoms with van der Waals surface area (Å²) in [6, 6.07) is 0. The molecule has 0 saturated heterocycles. The maximum atomic E-state index is 4.61. The summed E-state index contributed by atoms with van der Waals surface area (Å²) in [7, 11) is 4.61. The zero-order valence-corrected chi connectivity index (χ0v) is 9.84. The molecule has 66 valence electrons.